The zero-order chi connectivity index (χ0) is 18.0. The van der Waals surface area contributed by atoms with Crippen LogP contribution in [0.3, 0.4) is 0 Å². The van der Waals surface area contributed by atoms with Crippen LogP contribution >= 0.6 is 11.3 Å². The summed E-state index contributed by atoms with van der Waals surface area (Å²) in [5.41, 5.74) is -0.256. The highest BCUT2D eigenvalue weighted by Crippen LogP contribution is 2.48. The Labute approximate surface area is 149 Å². The third-order valence-electron chi connectivity index (χ3n) is 4.98. The number of carboxylic acid groups (broad SMARTS) is 1. The summed E-state index contributed by atoms with van der Waals surface area (Å²) >= 11 is 1.23. The lowest BCUT2D eigenvalue weighted by Gasteiger charge is -2.23. The number of ether oxygens (including phenoxy) is 1. The number of likely N-dealkylation sites (tertiary alicyclic amines) is 1. The number of aromatic nitrogens is 1. The Bertz CT molecular complexity index is 691. The van der Waals surface area contributed by atoms with E-state index in [2.05, 4.69) is 10.3 Å². The number of hydrogen-bond acceptors (Lipinski definition) is 6. The maximum absolute atomic E-state index is 12.4. The number of nitrogens with zero attached hydrogens (tertiary/aromatic N) is 2. The Balaban J connectivity index is 1.59. The number of urea groups is 1. The van der Waals surface area contributed by atoms with E-state index in [-0.39, 0.29) is 30.9 Å². The van der Waals surface area contributed by atoms with Gasteiger partial charge in [-0.1, -0.05) is 6.42 Å². The second-order valence-electron chi connectivity index (χ2n) is 6.49. The van der Waals surface area contributed by atoms with Crippen LogP contribution in [0.4, 0.5) is 9.93 Å². The summed E-state index contributed by atoms with van der Waals surface area (Å²) in [5, 5.41) is 14.4. The van der Waals surface area contributed by atoms with Gasteiger partial charge in [0, 0.05) is 18.5 Å². The van der Waals surface area contributed by atoms with E-state index in [1.165, 1.54) is 11.3 Å². The van der Waals surface area contributed by atoms with Crippen molar-refractivity contribution in [2.75, 3.05) is 25.0 Å². The number of thiazole rings is 1. The number of amides is 2. The highest BCUT2D eigenvalue weighted by molar-refractivity contribution is 7.13. The molecule has 0 bridgehead atoms. The van der Waals surface area contributed by atoms with Gasteiger partial charge >= 0.3 is 18.0 Å². The highest BCUT2D eigenvalue weighted by atomic mass is 32.1. The number of aliphatic carboxylic acids is 1. The standard InChI is InChI=1S/C16H21N3O5S/c1-2-24-12(20)6-11-8-25-14(17-11)18-15(23)19-7-10-4-3-5-16(10,9-19)13(21)22/h8,10H,2-7,9H2,1H3,(H,21,22)(H,17,18,23)/t10-,16+/m0/s1. The van der Waals surface area contributed by atoms with Crippen molar-refractivity contribution >= 4 is 34.4 Å². The van der Waals surface area contributed by atoms with Crippen molar-refractivity contribution < 1.29 is 24.2 Å². The summed E-state index contributed by atoms with van der Waals surface area (Å²) in [7, 11) is 0. The molecule has 2 amide bonds. The predicted octanol–water partition coefficient (Wildman–Crippen LogP) is 1.97. The van der Waals surface area contributed by atoms with E-state index in [0.717, 1.165) is 12.8 Å². The van der Waals surface area contributed by atoms with Crippen molar-refractivity contribution in [2.45, 2.75) is 32.6 Å². The fourth-order valence-corrected chi connectivity index (χ4v) is 4.47. The Morgan fingerprint density at radius 3 is 3.00 bits per heavy atom. The lowest BCUT2D eigenvalue weighted by atomic mass is 9.81. The van der Waals surface area contributed by atoms with E-state index >= 15 is 0 Å². The number of rotatable bonds is 5. The zero-order valence-corrected chi connectivity index (χ0v) is 14.8. The molecule has 3 rings (SSSR count). The van der Waals surface area contributed by atoms with E-state index in [4.69, 9.17) is 4.74 Å². The Kier molecular flexibility index (Phi) is 4.94. The van der Waals surface area contributed by atoms with Crippen LogP contribution in [0.2, 0.25) is 0 Å². The molecule has 1 aliphatic heterocycles. The van der Waals surface area contributed by atoms with Gasteiger partial charge < -0.3 is 14.7 Å². The Morgan fingerprint density at radius 1 is 1.52 bits per heavy atom. The second-order valence-corrected chi connectivity index (χ2v) is 7.35. The van der Waals surface area contributed by atoms with Gasteiger partial charge in [-0.2, -0.15) is 0 Å². The van der Waals surface area contributed by atoms with Gasteiger partial charge in [-0.15, -0.1) is 11.3 Å². The molecule has 136 valence electrons. The number of hydrogen-bond donors (Lipinski definition) is 2. The number of fused-ring (bicyclic) bond motifs is 1. The highest BCUT2D eigenvalue weighted by Gasteiger charge is 2.55. The molecule has 2 N–H and O–H groups in total. The summed E-state index contributed by atoms with van der Waals surface area (Å²) in [6.07, 6.45) is 2.43. The summed E-state index contributed by atoms with van der Waals surface area (Å²) in [6.45, 7) is 2.74. The van der Waals surface area contributed by atoms with Gasteiger partial charge in [0.25, 0.3) is 0 Å². The molecule has 2 heterocycles. The summed E-state index contributed by atoms with van der Waals surface area (Å²) in [6, 6.07) is -0.341. The Hall–Kier alpha value is -2.16. The Morgan fingerprint density at radius 2 is 2.32 bits per heavy atom. The molecule has 25 heavy (non-hydrogen) atoms. The van der Waals surface area contributed by atoms with Gasteiger partial charge in [0.05, 0.1) is 24.1 Å². The first kappa shape index (κ1) is 17.7. The van der Waals surface area contributed by atoms with Crippen molar-refractivity contribution in [3.05, 3.63) is 11.1 Å². The molecule has 1 aromatic heterocycles. The largest absolute Gasteiger partial charge is 0.481 e. The smallest absolute Gasteiger partial charge is 0.323 e. The fraction of sp³-hybridized carbons (Fsp3) is 0.625. The van der Waals surface area contributed by atoms with Gasteiger partial charge in [0.2, 0.25) is 0 Å². The topological polar surface area (TPSA) is 109 Å². The number of esters is 1. The molecule has 1 saturated carbocycles. The minimum atomic E-state index is -0.809. The monoisotopic (exact) mass is 367 g/mol. The van der Waals surface area contributed by atoms with Crippen LogP contribution in [0.5, 0.6) is 0 Å². The lowest BCUT2D eigenvalue weighted by Crippen LogP contribution is -2.38. The van der Waals surface area contributed by atoms with Crippen molar-refractivity contribution in [1.29, 1.82) is 0 Å². The molecule has 2 fully saturated rings. The average molecular weight is 367 g/mol. The predicted molar refractivity (Wildman–Crippen MR) is 90.5 cm³/mol. The van der Waals surface area contributed by atoms with Crippen LogP contribution in [0, 0.1) is 11.3 Å². The molecule has 8 nitrogen and oxygen atoms in total. The molecule has 0 unspecified atom stereocenters. The van der Waals surface area contributed by atoms with Crippen molar-refractivity contribution in [2.24, 2.45) is 11.3 Å². The second kappa shape index (κ2) is 6.99. The maximum Gasteiger partial charge on any atom is 0.323 e. The van der Waals surface area contributed by atoms with E-state index < -0.39 is 11.4 Å². The minimum Gasteiger partial charge on any atom is -0.481 e. The van der Waals surface area contributed by atoms with Crippen molar-refractivity contribution in [3.8, 4) is 0 Å². The maximum atomic E-state index is 12.4. The molecular weight excluding hydrogens is 346 g/mol. The van der Waals surface area contributed by atoms with Gasteiger partial charge in [0.1, 0.15) is 0 Å². The molecule has 0 radical (unpaired) electrons. The summed E-state index contributed by atoms with van der Waals surface area (Å²) < 4.78 is 4.87. The normalized spacial score (nSPS) is 24.8. The number of carbonyl (C=O) groups is 3. The number of carbonyl (C=O) groups excluding carboxylic acids is 2. The molecule has 2 atom stereocenters. The van der Waals surface area contributed by atoms with Crippen molar-refractivity contribution in [1.82, 2.24) is 9.88 Å². The summed E-state index contributed by atoms with van der Waals surface area (Å²) in [5.74, 6) is -1.15. The average Bonchev–Trinajstić information content (AvgIpc) is 3.21. The molecule has 1 aliphatic carbocycles. The van der Waals surface area contributed by atoms with Crippen LogP contribution in [0.1, 0.15) is 31.9 Å². The van der Waals surface area contributed by atoms with Gasteiger partial charge in [-0.25, -0.2) is 9.78 Å². The first-order valence-corrected chi connectivity index (χ1v) is 9.22. The minimum absolute atomic E-state index is 0.0198. The summed E-state index contributed by atoms with van der Waals surface area (Å²) in [4.78, 5) is 41.3. The molecule has 2 aliphatic rings. The lowest BCUT2D eigenvalue weighted by molar-refractivity contribution is -0.149. The van der Waals surface area contributed by atoms with Gasteiger partial charge in [-0.05, 0) is 25.7 Å². The van der Waals surface area contributed by atoms with Crippen LogP contribution in [-0.4, -0.2) is 52.7 Å². The van der Waals surface area contributed by atoms with E-state index in [1.807, 2.05) is 0 Å². The SMILES string of the molecule is CCOC(=O)Cc1csc(NC(=O)N2C[C@@H]3CCC[C@@]3(C(=O)O)C2)n1. The molecule has 0 spiro atoms. The number of carboxylic acids is 1. The quantitative estimate of drug-likeness (QED) is 0.770. The van der Waals surface area contributed by atoms with Crippen LogP contribution in [-0.2, 0) is 20.7 Å². The molecule has 9 heteroatoms. The zero-order valence-electron chi connectivity index (χ0n) is 14.0. The van der Waals surface area contributed by atoms with E-state index in [0.29, 0.717) is 30.4 Å². The molecular formula is C16H21N3O5S. The first-order chi connectivity index (χ1) is 11.9. The van der Waals surface area contributed by atoms with E-state index in [9.17, 15) is 19.5 Å². The van der Waals surface area contributed by atoms with Gasteiger partial charge in [0.15, 0.2) is 5.13 Å². The van der Waals surface area contributed by atoms with Crippen LogP contribution in [0.25, 0.3) is 0 Å². The number of nitrogens with one attached hydrogen (secondary N) is 1. The third-order valence-corrected chi connectivity index (χ3v) is 5.79. The van der Waals surface area contributed by atoms with E-state index in [1.54, 1.807) is 17.2 Å². The third kappa shape index (κ3) is 3.46. The molecule has 1 aromatic rings. The van der Waals surface area contributed by atoms with Crippen LogP contribution in [0.15, 0.2) is 5.38 Å². The molecule has 0 aromatic carbocycles. The van der Waals surface area contributed by atoms with Crippen LogP contribution < -0.4 is 5.32 Å². The molecule has 1 saturated heterocycles. The number of anilines is 1. The van der Waals surface area contributed by atoms with Crippen molar-refractivity contribution in [3.63, 3.8) is 0 Å². The fourth-order valence-electron chi connectivity index (χ4n) is 3.77. The van der Waals surface area contributed by atoms with Gasteiger partial charge in [-0.3, -0.25) is 14.9 Å². The first-order valence-electron chi connectivity index (χ1n) is 8.34.